The Balaban J connectivity index is 0.00000289. The Morgan fingerprint density at radius 2 is 2.06 bits per heavy atom. The number of hydrogen-bond donors (Lipinski definition) is 2. The average molecular weight is 340 g/mol. The van der Waals surface area contributed by atoms with Gasteiger partial charge in [0.15, 0.2) is 0 Å². The minimum Gasteiger partial charge on any atom is -0.351 e. The van der Waals surface area contributed by atoms with Crippen LogP contribution in [0.3, 0.4) is 0 Å². The molecule has 0 radical (unpaired) electrons. The SMILES string of the molecule is CCCNCCNC(=O)c1cc(Br)ccc1F.Cl. The van der Waals surface area contributed by atoms with E-state index in [0.717, 1.165) is 13.0 Å². The van der Waals surface area contributed by atoms with Crippen molar-refractivity contribution in [3.63, 3.8) is 0 Å². The van der Waals surface area contributed by atoms with Gasteiger partial charge in [-0.1, -0.05) is 22.9 Å². The molecule has 1 aromatic rings. The maximum Gasteiger partial charge on any atom is 0.254 e. The molecule has 0 aromatic heterocycles. The third-order valence-corrected chi connectivity index (χ3v) is 2.68. The fourth-order valence-corrected chi connectivity index (χ4v) is 1.69. The van der Waals surface area contributed by atoms with Gasteiger partial charge in [0.2, 0.25) is 0 Å². The summed E-state index contributed by atoms with van der Waals surface area (Å²) in [6, 6.07) is 4.31. The minimum atomic E-state index is -0.507. The molecule has 0 saturated heterocycles. The maximum atomic E-state index is 13.4. The molecule has 3 nitrogen and oxygen atoms in total. The van der Waals surface area contributed by atoms with Crippen LogP contribution in [-0.4, -0.2) is 25.5 Å². The molecule has 102 valence electrons. The van der Waals surface area contributed by atoms with Crippen molar-refractivity contribution < 1.29 is 9.18 Å². The van der Waals surface area contributed by atoms with Crippen molar-refractivity contribution in [2.45, 2.75) is 13.3 Å². The van der Waals surface area contributed by atoms with E-state index in [1.807, 2.05) is 0 Å². The van der Waals surface area contributed by atoms with Gasteiger partial charge in [0.1, 0.15) is 5.82 Å². The first-order valence-corrected chi connectivity index (χ1v) is 6.38. The number of hydrogen-bond acceptors (Lipinski definition) is 2. The Kier molecular flexibility index (Phi) is 8.97. The van der Waals surface area contributed by atoms with E-state index in [-0.39, 0.29) is 23.9 Å². The quantitative estimate of drug-likeness (QED) is 0.783. The molecule has 0 fully saturated rings. The Labute approximate surface area is 121 Å². The third kappa shape index (κ3) is 5.80. The predicted molar refractivity (Wildman–Crippen MR) is 76.8 cm³/mol. The molecule has 0 aliphatic heterocycles. The summed E-state index contributed by atoms with van der Waals surface area (Å²) < 4.78 is 14.0. The third-order valence-electron chi connectivity index (χ3n) is 2.19. The van der Waals surface area contributed by atoms with Gasteiger partial charge in [-0.05, 0) is 31.2 Å². The highest BCUT2D eigenvalue weighted by Gasteiger charge is 2.11. The first kappa shape index (κ1) is 17.4. The molecule has 0 bridgehead atoms. The van der Waals surface area contributed by atoms with Gasteiger partial charge >= 0.3 is 0 Å². The standard InChI is InChI=1S/C12H16BrFN2O.ClH/c1-2-5-15-6-7-16-12(17)10-8-9(13)3-4-11(10)14;/h3-4,8,15H,2,5-7H2,1H3,(H,16,17);1H. The smallest absolute Gasteiger partial charge is 0.254 e. The second-order valence-electron chi connectivity index (χ2n) is 3.63. The van der Waals surface area contributed by atoms with Crippen LogP contribution in [0, 0.1) is 5.82 Å². The van der Waals surface area contributed by atoms with Crippen LogP contribution < -0.4 is 10.6 Å². The maximum absolute atomic E-state index is 13.4. The number of rotatable bonds is 6. The number of benzene rings is 1. The first-order valence-electron chi connectivity index (χ1n) is 5.59. The Morgan fingerprint density at radius 1 is 1.33 bits per heavy atom. The lowest BCUT2D eigenvalue weighted by Crippen LogP contribution is -2.32. The molecule has 0 aliphatic rings. The van der Waals surface area contributed by atoms with Crippen LogP contribution in [-0.2, 0) is 0 Å². The van der Waals surface area contributed by atoms with Crippen molar-refractivity contribution in [3.05, 3.63) is 34.1 Å². The summed E-state index contributed by atoms with van der Waals surface area (Å²) in [5.74, 6) is -0.894. The van der Waals surface area contributed by atoms with Gasteiger partial charge in [-0.15, -0.1) is 12.4 Å². The van der Waals surface area contributed by atoms with E-state index < -0.39 is 5.82 Å². The second-order valence-corrected chi connectivity index (χ2v) is 4.55. The molecular weight excluding hydrogens is 322 g/mol. The van der Waals surface area contributed by atoms with Crippen molar-refractivity contribution in [3.8, 4) is 0 Å². The van der Waals surface area contributed by atoms with Crippen LogP contribution in [0.4, 0.5) is 4.39 Å². The molecule has 1 amide bonds. The van der Waals surface area contributed by atoms with Crippen LogP contribution in [0.25, 0.3) is 0 Å². The van der Waals surface area contributed by atoms with Crippen LogP contribution in [0.2, 0.25) is 0 Å². The molecule has 6 heteroatoms. The van der Waals surface area contributed by atoms with Gasteiger partial charge in [0.05, 0.1) is 5.56 Å². The van der Waals surface area contributed by atoms with Gasteiger partial charge in [-0.2, -0.15) is 0 Å². The zero-order chi connectivity index (χ0) is 12.7. The summed E-state index contributed by atoms with van der Waals surface area (Å²) in [6.45, 7) is 4.17. The van der Waals surface area contributed by atoms with Crippen molar-refractivity contribution in [2.75, 3.05) is 19.6 Å². The summed E-state index contributed by atoms with van der Waals surface area (Å²) in [4.78, 5) is 11.7. The molecule has 1 rings (SSSR count). The Morgan fingerprint density at radius 3 is 2.72 bits per heavy atom. The van der Waals surface area contributed by atoms with Crippen molar-refractivity contribution in [1.29, 1.82) is 0 Å². The molecule has 0 spiro atoms. The molecule has 0 saturated carbocycles. The average Bonchev–Trinajstić information content (AvgIpc) is 2.32. The zero-order valence-corrected chi connectivity index (χ0v) is 12.5. The molecule has 0 heterocycles. The summed E-state index contributed by atoms with van der Waals surface area (Å²) >= 11 is 3.21. The van der Waals surface area contributed by atoms with E-state index >= 15 is 0 Å². The van der Waals surface area contributed by atoms with E-state index in [4.69, 9.17) is 0 Å². The van der Waals surface area contributed by atoms with Gasteiger partial charge < -0.3 is 10.6 Å². The van der Waals surface area contributed by atoms with Gasteiger partial charge in [-0.3, -0.25) is 4.79 Å². The highest BCUT2D eigenvalue weighted by molar-refractivity contribution is 9.10. The lowest BCUT2D eigenvalue weighted by molar-refractivity contribution is 0.0950. The molecule has 0 atom stereocenters. The van der Waals surface area contributed by atoms with Crippen molar-refractivity contribution in [2.24, 2.45) is 0 Å². The summed E-state index contributed by atoms with van der Waals surface area (Å²) in [5.41, 5.74) is 0.0647. The zero-order valence-electron chi connectivity index (χ0n) is 10.1. The number of halogens is 3. The largest absolute Gasteiger partial charge is 0.351 e. The van der Waals surface area contributed by atoms with Crippen molar-refractivity contribution >= 4 is 34.2 Å². The molecule has 18 heavy (non-hydrogen) atoms. The van der Waals surface area contributed by atoms with Crippen molar-refractivity contribution in [1.82, 2.24) is 10.6 Å². The lowest BCUT2D eigenvalue weighted by Gasteiger charge is -2.07. The number of carbonyl (C=O) groups is 1. The number of amides is 1. The van der Waals surface area contributed by atoms with Gasteiger partial charge in [0.25, 0.3) is 5.91 Å². The summed E-state index contributed by atoms with van der Waals surface area (Å²) in [6.07, 6.45) is 1.05. The highest BCUT2D eigenvalue weighted by atomic mass is 79.9. The number of nitrogens with one attached hydrogen (secondary N) is 2. The summed E-state index contributed by atoms with van der Waals surface area (Å²) in [5, 5.41) is 5.81. The molecular formula is C12H17BrClFN2O. The van der Waals surface area contributed by atoms with E-state index in [0.29, 0.717) is 17.6 Å². The van der Waals surface area contributed by atoms with Gasteiger partial charge in [0, 0.05) is 17.6 Å². The van der Waals surface area contributed by atoms with Crippen LogP contribution in [0.5, 0.6) is 0 Å². The normalized spacial score (nSPS) is 9.72. The Hall–Kier alpha value is -0.650. The Bertz CT molecular complexity index is 390. The molecule has 0 unspecified atom stereocenters. The fraction of sp³-hybridized carbons (Fsp3) is 0.417. The molecule has 0 aliphatic carbocycles. The molecule has 1 aromatic carbocycles. The second kappa shape index (κ2) is 9.30. The summed E-state index contributed by atoms with van der Waals surface area (Å²) in [7, 11) is 0. The van der Waals surface area contributed by atoms with E-state index in [1.54, 1.807) is 6.07 Å². The minimum absolute atomic E-state index is 0. The van der Waals surface area contributed by atoms with Crippen LogP contribution in [0.15, 0.2) is 22.7 Å². The fourth-order valence-electron chi connectivity index (χ4n) is 1.33. The van der Waals surface area contributed by atoms with E-state index in [1.165, 1.54) is 12.1 Å². The number of carbonyl (C=O) groups excluding carboxylic acids is 1. The monoisotopic (exact) mass is 338 g/mol. The first-order chi connectivity index (χ1) is 8.15. The van der Waals surface area contributed by atoms with E-state index in [9.17, 15) is 9.18 Å². The lowest BCUT2D eigenvalue weighted by atomic mass is 10.2. The van der Waals surface area contributed by atoms with Crippen LogP contribution in [0.1, 0.15) is 23.7 Å². The van der Waals surface area contributed by atoms with Gasteiger partial charge in [-0.25, -0.2) is 4.39 Å². The predicted octanol–water partition coefficient (Wildman–Crippen LogP) is 2.74. The van der Waals surface area contributed by atoms with Crippen LogP contribution >= 0.6 is 28.3 Å². The highest BCUT2D eigenvalue weighted by Crippen LogP contribution is 2.15. The molecule has 2 N–H and O–H groups in total. The topological polar surface area (TPSA) is 41.1 Å². The van der Waals surface area contributed by atoms with E-state index in [2.05, 4.69) is 33.5 Å².